The molecule has 5 heteroatoms. The predicted octanol–water partition coefficient (Wildman–Crippen LogP) is 3.30. The lowest BCUT2D eigenvalue weighted by molar-refractivity contribution is 0.615. The van der Waals surface area contributed by atoms with Crippen molar-refractivity contribution in [2.75, 3.05) is 17.7 Å². The number of aromatic nitrogens is 2. The number of hydrogen-bond donors (Lipinski definition) is 1. The highest BCUT2D eigenvalue weighted by atomic mass is 19.1. The summed E-state index contributed by atoms with van der Waals surface area (Å²) in [7, 11) is 1.86. The first-order chi connectivity index (χ1) is 10.5. The summed E-state index contributed by atoms with van der Waals surface area (Å²) in [6, 6.07) is 12.8. The van der Waals surface area contributed by atoms with Gasteiger partial charge < -0.3 is 10.6 Å². The summed E-state index contributed by atoms with van der Waals surface area (Å²) in [5, 5.41) is 0.834. The molecule has 0 saturated heterocycles. The number of fused-ring (bicyclic) bond motifs is 1. The van der Waals surface area contributed by atoms with Crippen LogP contribution in [0.3, 0.4) is 0 Å². The van der Waals surface area contributed by atoms with E-state index in [1.165, 1.54) is 6.07 Å². The fraction of sp³-hybridized carbons (Fsp3) is 0.176. The SMILES string of the molecule is Cc1ccc(CN(C)c2nc(N)c3ccccc3n2)cc1F. The van der Waals surface area contributed by atoms with Crippen molar-refractivity contribution in [1.29, 1.82) is 0 Å². The van der Waals surface area contributed by atoms with Crippen molar-refractivity contribution in [3.63, 3.8) is 0 Å². The molecule has 22 heavy (non-hydrogen) atoms. The Balaban J connectivity index is 1.91. The summed E-state index contributed by atoms with van der Waals surface area (Å²) >= 11 is 0. The molecule has 0 fully saturated rings. The van der Waals surface area contributed by atoms with Gasteiger partial charge in [0.05, 0.1) is 5.52 Å². The second-order valence-electron chi connectivity index (χ2n) is 5.37. The molecule has 3 aromatic rings. The summed E-state index contributed by atoms with van der Waals surface area (Å²) in [5.74, 6) is 0.768. The Labute approximate surface area is 128 Å². The van der Waals surface area contributed by atoms with Crippen LogP contribution in [0, 0.1) is 12.7 Å². The van der Waals surface area contributed by atoms with Crippen LogP contribution in [-0.4, -0.2) is 17.0 Å². The molecule has 112 valence electrons. The van der Waals surface area contributed by atoms with E-state index in [1.54, 1.807) is 13.0 Å². The standard InChI is InChI=1S/C17H17FN4/c1-11-7-8-12(9-14(11)18)10-22(2)17-20-15-6-4-3-5-13(15)16(19)21-17/h3-9H,10H2,1-2H3,(H2,19,20,21). The smallest absolute Gasteiger partial charge is 0.227 e. The van der Waals surface area contributed by atoms with Crippen LogP contribution < -0.4 is 10.6 Å². The highest BCUT2D eigenvalue weighted by Gasteiger charge is 2.10. The topological polar surface area (TPSA) is 55.0 Å². The maximum absolute atomic E-state index is 13.6. The number of anilines is 2. The van der Waals surface area contributed by atoms with Crippen molar-refractivity contribution in [1.82, 2.24) is 9.97 Å². The number of nitrogens with zero attached hydrogens (tertiary/aromatic N) is 3. The third-order valence-electron chi connectivity index (χ3n) is 3.62. The van der Waals surface area contributed by atoms with Crippen LogP contribution in [-0.2, 0) is 6.54 Å². The molecule has 1 aromatic heterocycles. The molecule has 1 heterocycles. The van der Waals surface area contributed by atoms with Gasteiger partial charge in [-0.1, -0.05) is 24.3 Å². The average Bonchev–Trinajstić information content (AvgIpc) is 2.51. The monoisotopic (exact) mass is 296 g/mol. The van der Waals surface area contributed by atoms with E-state index < -0.39 is 0 Å². The van der Waals surface area contributed by atoms with Gasteiger partial charge in [-0.2, -0.15) is 4.98 Å². The van der Waals surface area contributed by atoms with Crippen LogP contribution in [0.25, 0.3) is 10.9 Å². The van der Waals surface area contributed by atoms with E-state index >= 15 is 0 Å². The van der Waals surface area contributed by atoms with Gasteiger partial charge in [0.25, 0.3) is 0 Å². The van der Waals surface area contributed by atoms with E-state index in [9.17, 15) is 4.39 Å². The van der Waals surface area contributed by atoms with E-state index in [0.717, 1.165) is 16.5 Å². The summed E-state index contributed by atoms with van der Waals surface area (Å²) < 4.78 is 13.6. The second kappa shape index (κ2) is 5.60. The Bertz CT molecular complexity index is 832. The first kappa shape index (κ1) is 14.3. The zero-order chi connectivity index (χ0) is 15.7. The number of nitrogen functional groups attached to an aromatic ring is 1. The van der Waals surface area contributed by atoms with Gasteiger partial charge in [0.15, 0.2) is 0 Å². The van der Waals surface area contributed by atoms with E-state index in [-0.39, 0.29) is 5.82 Å². The van der Waals surface area contributed by atoms with Gasteiger partial charge in [0.1, 0.15) is 11.6 Å². The van der Waals surface area contributed by atoms with Crippen LogP contribution >= 0.6 is 0 Å². The Morgan fingerprint density at radius 3 is 2.68 bits per heavy atom. The van der Waals surface area contributed by atoms with Gasteiger partial charge in [0.2, 0.25) is 5.95 Å². The number of halogens is 1. The second-order valence-corrected chi connectivity index (χ2v) is 5.37. The molecule has 0 aliphatic heterocycles. The van der Waals surface area contributed by atoms with Crippen LogP contribution in [0.1, 0.15) is 11.1 Å². The lowest BCUT2D eigenvalue weighted by Gasteiger charge is -2.18. The molecule has 0 aliphatic carbocycles. The van der Waals surface area contributed by atoms with E-state index in [0.29, 0.717) is 23.9 Å². The molecule has 0 saturated carbocycles. The molecule has 0 amide bonds. The number of para-hydroxylation sites is 1. The van der Waals surface area contributed by atoms with Gasteiger partial charge in [-0.15, -0.1) is 0 Å². The minimum atomic E-state index is -0.204. The normalized spacial score (nSPS) is 10.9. The van der Waals surface area contributed by atoms with Crippen molar-refractivity contribution >= 4 is 22.7 Å². The molecule has 0 unspecified atom stereocenters. The fourth-order valence-corrected chi connectivity index (χ4v) is 2.34. The van der Waals surface area contributed by atoms with Crippen molar-refractivity contribution < 1.29 is 4.39 Å². The summed E-state index contributed by atoms with van der Waals surface area (Å²) in [6.07, 6.45) is 0. The summed E-state index contributed by atoms with van der Waals surface area (Å²) in [5.41, 5.74) is 8.29. The van der Waals surface area contributed by atoms with Crippen molar-refractivity contribution in [3.05, 3.63) is 59.4 Å². The molecule has 2 N–H and O–H groups in total. The number of nitrogens with two attached hydrogens (primary N) is 1. The molecule has 0 radical (unpaired) electrons. The third kappa shape index (κ3) is 2.70. The molecule has 4 nitrogen and oxygen atoms in total. The van der Waals surface area contributed by atoms with E-state index in [1.807, 2.05) is 42.3 Å². The summed E-state index contributed by atoms with van der Waals surface area (Å²) in [6.45, 7) is 2.25. The van der Waals surface area contributed by atoms with Crippen molar-refractivity contribution in [3.8, 4) is 0 Å². The molecule has 0 aliphatic rings. The first-order valence-corrected chi connectivity index (χ1v) is 7.03. The van der Waals surface area contributed by atoms with Gasteiger partial charge in [-0.25, -0.2) is 9.37 Å². The Morgan fingerprint density at radius 1 is 1.14 bits per heavy atom. The molecule has 0 spiro atoms. The van der Waals surface area contributed by atoms with Crippen LogP contribution in [0.15, 0.2) is 42.5 Å². The van der Waals surface area contributed by atoms with Gasteiger partial charge in [0, 0.05) is 19.0 Å². The average molecular weight is 296 g/mol. The lowest BCUT2D eigenvalue weighted by atomic mass is 10.1. The van der Waals surface area contributed by atoms with E-state index in [2.05, 4.69) is 9.97 Å². The van der Waals surface area contributed by atoms with Crippen LogP contribution in [0.2, 0.25) is 0 Å². The quantitative estimate of drug-likeness (QED) is 0.805. The van der Waals surface area contributed by atoms with Crippen LogP contribution in [0.5, 0.6) is 0 Å². The number of aryl methyl sites for hydroxylation is 1. The Hall–Kier alpha value is -2.69. The fourth-order valence-electron chi connectivity index (χ4n) is 2.34. The zero-order valence-electron chi connectivity index (χ0n) is 12.5. The third-order valence-corrected chi connectivity index (χ3v) is 3.62. The van der Waals surface area contributed by atoms with Crippen LogP contribution in [0.4, 0.5) is 16.2 Å². The molecule has 2 aromatic carbocycles. The largest absolute Gasteiger partial charge is 0.383 e. The first-order valence-electron chi connectivity index (χ1n) is 7.03. The van der Waals surface area contributed by atoms with Crippen molar-refractivity contribution in [2.24, 2.45) is 0 Å². The maximum Gasteiger partial charge on any atom is 0.227 e. The number of rotatable bonds is 3. The zero-order valence-corrected chi connectivity index (χ0v) is 12.5. The molecular formula is C17H17FN4. The van der Waals surface area contributed by atoms with Gasteiger partial charge >= 0.3 is 0 Å². The Morgan fingerprint density at radius 2 is 1.91 bits per heavy atom. The minimum Gasteiger partial charge on any atom is -0.383 e. The van der Waals surface area contributed by atoms with Crippen molar-refractivity contribution in [2.45, 2.75) is 13.5 Å². The molecule has 0 atom stereocenters. The number of hydrogen-bond acceptors (Lipinski definition) is 4. The highest BCUT2D eigenvalue weighted by molar-refractivity contribution is 5.88. The molecular weight excluding hydrogens is 279 g/mol. The molecule has 3 rings (SSSR count). The maximum atomic E-state index is 13.6. The number of benzene rings is 2. The highest BCUT2D eigenvalue weighted by Crippen LogP contribution is 2.21. The summed E-state index contributed by atoms with van der Waals surface area (Å²) in [4.78, 5) is 10.7. The lowest BCUT2D eigenvalue weighted by Crippen LogP contribution is -2.20. The predicted molar refractivity (Wildman–Crippen MR) is 87.2 cm³/mol. The van der Waals surface area contributed by atoms with Gasteiger partial charge in [-0.3, -0.25) is 0 Å². The molecule has 0 bridgehead atoms. The van der Waals surface area contributed by atoms with Gasteiger partial charge in [-0.05, 0) is 36.2 Å². The minimum absolute atomic E-state index is 0.204. The van der Waals surface area contributed by atoms with E-state index in [4.69, 9.17) is 5.73 Å². The Kier molecular flexibility index (Phi) is 3.63.